The van der Waals surface area contributed by atoms with Crippen molar-refractivity contribution >= 4 is 11.6 Å². The standard InChI is InChI=1S/C15H20N4O.C5H12.C2H6/c1-4-11-8-13-12(6-5-10(3)19(13)18-11)15-9(2)7-14(20)16-17-15;1-3-5-4-2;1-2/h5-6,8-9,11,18H,4,7H2,1-3H3,(H,16,20);3-5H2,1-2H3;1-2H3. The maximum Gasteiger partial charge on any atom is 0.240 e. The third kappa shape index (κ3) is 6.06. The quantitative estimate of drug-likeness (QED) is 0.724. The lowest BCUT2D eigenvalue weighted by atomic mass is 9.90. The Kier molecular flexibility index (Phi) is 10.1. The molecule has 5 heteroatoms. The molecule has 0 aliphatic carbocycles. The molecule has 2 N–H and O–H groups in total. The number of hydrogen-bond donors (Lipinski definition) is 2. The lowest BCUT2D eigenvalue weighted by Crippen LogP contribution is -2.39. The Balaban J connectivity index is 0.000000454. The number of amides is 1. The van der Waals surface area contributed by atoms with E-state index < -0.39 is 0 Å². The second kappa shape index (κ2) is 11.8. The average molecular weight is 375 g/mol. The zero-order valence-electron chi connectivity index (χ0n) is 18.2. The highest BCUT2D eigenvalue weighted by atomic mass is 16.2. The van der Waals surface area contributed by atoms with Crippen LogP contribution in [-0.4, -0.2) is 22.7 Å². The van der Waals surface area contributed by atoms with Crippen molar-refractivity contribution in [2.75, 3.05) is 0 Å². The van der Waals surface area contributed by atoms with Crippen LogP contribution in [0.3, 0.4) is 0 Å². The lowest BCUT2D eigenvalue weighted by molar-refractivity contribution is -0.121. The van der Waals surface area contributed by atoms with Crippen LogP contribution in [0.25, 0.3) is 0 Å². The van der Waals surface area contributed by atoms with E-state index in [0.717, 1.165) is 23.4 Å². The Labute approximate surface area is 165 Å². The van der Waals surface area contributed by atoms with E-state index in [1.54, 1.807) is 0 Å². The van der Waals surface area contributed by atoms with Crippen molar-refractivity contribution in [3.63, 3.8) is 0 Å². The summed E-state index contributed by atoms with van der Waals surface area (Å²) in [6.45, 7) is 14.7. The summed E-state index contributed by atoms with van der Waals surface area (Å²) < 4.78 is 0. The van der Waals surface area contributed by atoms with Crippen molar-refractivity contribution in [1.29, 1.82) is 0 Å². The Morgan fingerprint density at radius 3 is 2.37 bits per heavy atom. The van der Waals surface area contributed by atoms with Crippen molar-refractivity contribution in [2.45, 2.75) is 86.6 Å². The Morgan fingerprint density at radius 1 is 1.19 bits per heavy atom. The summed E-state index contributed by atoms with van der Waals surface area (Å²) in [6.07, 6.45) is 12.0. The van der Waals surface area contributed by atoms with Crippen LogP contribution >= 0.6 is 0 Å². The van der Waals surface area contributed by atoms with E-state index >= 15 is 0 Å². The average Bonchev–Trinajstić information content (AvgIpc) is 3.11. The zero-order valence-corrected chi connectivity index (χ0v) is 18.2. The number of carbonyl (C=O) groups is 1. The van der Waals surface area contributed by atoms with Gasteiger partial charge in [0.15, 0.2) is 0 Å². The van der Waals surface area contributed by atoms with Gasteiger partial charge in [0.05, 0.1) is 11.4 Å². The molecule has 0 aromatic heterocycles. The van der Waals surface area contributed by atoms with Crippen molar-refractivity contribution in [3.05, 3.63) is 35.2 Å². The van der Waals surface area contributed by atoms with Crippen molar-refractivity contribution < 1.29 is 4.79 Å². The van der Waals surface area contributed by atoms with Crippen molar-refractivity contribution in [3.8, 4) is 0 Å². The molecule has 5 nitrogen and oxygen atoms in total. The molecule has 0 radical (unpaired) electrons. The number of hydrazine groups is 1. The first-order valence-corrected chi connectivity index (χ1v) is 10.6. The fourth-order valence-electron chi connectivity index (χ4n) is 3.16. The van der Waals surface area contributed by atoms with Gasteiger partial charge in [0.25, 0.3) is 0 Å². The lowest BCUT2D eigenvalue weighted by Gasteiger charge is -2.31. The van der Waals surface area contributed by atoms with E-state index in [9.17, 15) is 4.79 Å². The number of unbranched alkanes of at least 4 members (excludes halogenated alkanes) is 2. The molecule has 0 bridgehead atoms. The largest absolute Gasteiger partial charge is 0.280 e. The van der Waals surface area contributed by atoms with Crippen molar-refractivity contribution in [2.24, 2.45) is 11.0 Å². The van der Waals surface area contributed by atoms with Gasteiger partial charge in [0.2, 0.25) is 5.91 Å². The zero-order chi connectivity index (χ0) is 20.4. The number of nitrogens with one attached hydrogen (secondary N) is 2. The normalized spacial score (nSPS) is 23.4. The topological polar surface area (TPSA) is 56.7 Å². The summed E-state index contributed by atoms with van der Waals surface area (Å²) in [5.41, 5.74) is 10.5. The molecule has 2 unspecified atom stereocenters. The predicted octanol–water partition coefficient (Wildman–Crippen LogP) is 5.05. The smallest absolute Gasteiger partial charge is 0.240 e. The molecular weight excluding hydrogens is 336 g/mol. The van der Waals surface area contributed by atoms with Crippen LogP contribution in [-0.2, 0) is 4.79 Å². The summed E-state index contributed by atoms with van der Waals surface area (Å²) in [4.78, 5) is 11.4. The van der Waals surface area contributed by atoms with Crippen LogP contribution in [0.15, 0.2) is 40.3 Å². The van der Waals surface area contributed by atoms with Gasteiger partial charge in [-0.2, -0.15) is 5.10 Å². The molecule has 0 spiro atoms. The SMILES string of the molecule is CC.CCC1C=C2C(C3=NNC(=O)CC3C)=CC=C(C)N2N1.CCCCC. The summed E-state index contributed by atoms with van der Waals surface area (Å²) >= 11 is 0. The molecular formula is C22H38N4O. The fourth-order valence-corrected chi connectivity index (χ4v) is 3.16. The van der Waals surface area contributed by atoms with E-state index in [2.05, 4.69) is 66.9 Å². The molecule has 2 atom stereocenters. The van der Waals surface area contributed by atoms with Gasteiger partial charge in [-0.05, 0) is 31.6 Å². The highest BCUT2D eigenvalue weighted by molar-refractivity contribution is 6.08. The van der Waals surface area contributed by atoms with Gasteiger partial charge in [-0.25, -0.2) is 10.9 Å². The van der Waals surface area contributed by atoms with Gasteiger partial charge in [-0.3, -0.25) is 9.80 Å². The third-order valence-corrected chi connectivity index (χ3v) is 4.70. The monoisotopic (exact) mass is 374 g/mol. The van der Waals surface area contributed by atoms with Gasteiger partial charge in [-0.1, -0.05) is 60.8 Å². The summed E-state index contributed by atoms with van der Waals surface area (Å²) in [5.74, 6) is 0.136. The van der Waals surface area contributed by atoms with Crippen molar-refractivity contribution in [1.82, 2.24) is 15.9 Å². The second-order valence-corrected chi connectivity index (χ2v) is 6.91. The number of allylic oxidation sites excluding steroid dienone is 4. The first kappa shape index (κ1) is 23.2. The maximum atomic E-state index is 11.4. The van der Waals surface area contributed by atoms with E-state index in [4.69, 9.17) is 0 Å². The second-order valence-electron chi connectivity index (χ2n) is 6.91. The van der Waals surface area contributed by atoms with Gasteiger partial charge < -0.3 is 0 Å². The number of rotatable bonds is 4. The summed E-state index contributed by atoms with van der Waals surface area (Å²) in [6, 6.07) is 0.351. The molecule has 0 aromatic rings. The van der Waals surface area contributed by atoms with E-state index in [1.165, 1.54) is 25.0 Å². The van der Waals surface area contributed by atoms with Crippen LogP contribution in [0, 0.1) is 5.92 Å². The molecule has 3 aliphatic heterocycles. The number of fused-ring (bicyclic) bond motifs is 1. The fraction of sp³-hybridized carbons (Fsp3) is 0.636. The number of hydrazone groups is 1. The van der Waals surface area contributed by atoms with E-state index in [1.807, 2.05) is 20.8 Å². The Morgan fingerprint density at radius 2 is 1.85 bits per heavy atom. The highest BCUT2D eigenvalue weighted by Crippen LogP contribution is 2.32. The Hall–Kier alpha value is -1.88. The molecule has 3 rings (SSSR count). The minimum atomic E-state index is -0.00815. The number of hydrogen-bond acceptors (Lipinski definition) is 4. The van der Waals surface area contributed by atoms with Crippen LogP contribution < -0.4 is 10.9 Å². The van der Waals surface area contributed by atoms with Crippen LogP contribution in [0.5, 0.6) is 0 Å². The maximum absolute atomic E-state index is 11.4. The van der Waals surface area contributed by atoms with Gasteiger partial charge in [0.1, 0.15) is 0 Å². The van der Waals surface area contributed by atoms with Gasteiger partial charge in [-0.15, -0.1) is 0 Å². The number of carbonyl (C=O) groups excluding carboxylic acids is 1. The highest BCUT2D eigenvalue weighted by Gasteiger charge is 2.32. The molecule has 1 amide bonds. The first-order chi connectivity index (χ1) is 13.0. The predicted molar refractivity (Wildman–Crippen MR) is 115 cm³/mol. The van der Waals surface area contributed by atoms with Crippen LogP contribution in [0.2, 0.25) is 0 Å². The minimum absolute atomic E-state index is 0.00815. The molecule has 152 valence electrons. The number of nitrogens with zero attached hydrogens (tertiary/aromatic N) is 2. The van der Waals surface area contributed by atoms with Crippen LogP contribution in [0.4, 0.5) is 0 Å². The van der Waals surface area contributed by atoms with Crippen LogP contribution in [0.1, 0.15) is 80.6 Å². The molecule has 0 aromatic carbocycles. The summed E-state index contributed by atoms with van der Waals surface area (Å²) in [7, 11) is 0. The minimum Gasteiger partial charge on any atom is -0.280 e. The molecule has 0 saturated carbocycles. The van der Waals surface area contributed by atoms with Gasteiger partial charge >= 0.3 is 0 Å². The first-order valence-electron chi connectivity index (χ1n) is 10.6. The van der Waals surface area contributed by atoms with Gasteiger partial charge in [0, 0.05) is 29.7 Å². The third-order valence-electron chi connectivity index (χ3n) is 4.70. The van der Waals surface area contributed by atoms with E-state index in [-0.39, 0.29) is 11.8 Å². The summed E-state index contributed by atoms with van der Waals surface area (Å²) in [5, 5.41) is 6.40. The molecule has 3 heterocycles. The molecule has 27 heavy (non-hydrogen) atoms. The Bertz CT molecular complexity index is 614. The van der Waals surface area contributed by atoms with E-state index in [0.29, 0.717) is 12.5 Å². The molecule has 0 fully saturated rings. The molecule has 3 aliphatic rings. The molecule has 0 saturated heterocycles.